The summed E-state index contributed by atoms with van der Waals surface area (Å²) in [6, 6.07) is 0. The van der Waals surface area contributed by atoms with Crippen LogP contribution in [0.2, 0.25) is 0 Å². The second-order valence-corrected chi connectivity index (χ2v) is 36.8. The molecule has 0 N–H and O–H groups in total. The lowest BCUT2D eigenvalue weighted by Gasteiger charge is -2.35. The van der Waals surface area contributed by atoms with Gasteiger partial charge in [0.05, 0.1) is 321 Å². The maximum atomic E-state index is 8.42. The van der Waals surface area contributed by atoms with Crippen molar-refractivity contribution in [2.24, 2.45) is 0 Å². The van der Waals surface area contributed by atoms with Crippen LogP contribution in [0.15, 0.2) is 0 Å². The van der Waals surface area contributed by atoms with Gasteiger partial charge in [-0.25, -0.2) is 0 Å². The van der Waals surface area contributed by atoms with Crippen LogP contribution < -0.4 is 60.3 Å². The first-order chi connectivity index (χ1) is 63.1. The highest BCUT2D eigenvalue weighted by atomic mass is 16.5. The van der Waals surface area contributed by atoms with Crippen LogP contribution in [0.5, 0.6) is 0 Å². The third-order valence-electron chi connectivity index (χ3n) is 28.3. The minimum Gasteiger partial charge on any atom is -0.907 e. The van der Waals surface area contributed by atoms with Crippen molar-refractivity contribution < 1.29 is 171 Å². The summed E-state index contributed by atoms with van der Waals surface area (Å²) in [6.45, 7) is 106. The molecule has 40 heteroatoms. The Morgan fingerprint density at radius 2 is 0.154 bits per heavy atom. The average molecular weight is 1990 g/mol. The summed E-state index contributed by atoms with van der Waals surface area (Å²) in [5, 5.41) is 101. The number of methoxy groups -OCH3 is 12. The summed E-state index contributed by atoms with van der Waals surface area (Å²) in [5.74, 6) is 0. The molecule has 0 fully saturated rings. The van der Waals surface area contributed by atoms with Gasteiger partial charge in [-0.05, 0) is 166 Å². The zero-order chi connectivity index (χ0) is 111. The highest BCUT2D eigenvalue weighted by molar-refractivity contribution is 6.24. The van der Waals surface area contributed by atoms with Gasteiger partial charge in [0.1, 0.15) is 78.5 Å². The molecule has 0 aliphatic carbocycles. The van der Waals surface area contributed by atoms with E-state index in [1.807, 2.05) is 0 Å². The number of hydrogen-bond donors (Lipinski definition) is 0. The summed E-state index contributed by atoms with van der Waals surface area (Å²) in [7, 11) is 36.6. The van der Waals surface area contributed by atoms with Gasteiger partial charge in [0.25, 0.3) is 0 Å². The van der Waals surface area contributed by atoms with Crippen LogP contribution in [-0.2, 0) is 56.8 Å². The van der Waals surface area contributed by atoms with Gasteiger partial charge < -0.3 is 171 Å². The summed E-state index contributed by atoms with van der Waals surface area (Å²) in [5.41, 5.74) is 0. The van der Waals surface area contributed by atoms with Crippen molar-refractivity contribution in [3.8, 4) is 0 Å². The van der Waals surface area contributed by atoms with Gasteiger partial charge in [-0.1, -0.05) is 0 Å². The maximum Gasteiger partial charge on any atom is 0.102 e. The molecule has 0 saturated heterocycles. The van der Waals surface area contributed by atoms with E-state index in [1.165, 1.54) is 157 Å². The van der Waals surface area contributed by atoms with Crippen molar-refractivity contribution >= 4 is 29.3 Å². The fourth-order valence-electron chi connectivity index (χ4n) is 10.2. The molecule has 0 unspecified atom stereocenters. The van der Waals surface area contributed by atoms with E-state index < -0.39 is 29.3 Å². The van der Waals surface area contributed by atoms with E-state index in [0.29, 0.717) is 0 Å². The highest BCUT2D eigenvalue weighted by Crippen LogP contribution is 2.08. The first-order valence-corrected chi connectivity index (χ1v) is 50.9. The Bertz CT molecular complexity index is 1650. The summed E-state index contributed by atoms with van der Waals surface area (Å²) >= 11 is 0. The van der Waals surface area contributed by atoms with E-state index in [0.717, 1.165) is 212 Å². The van der Waals surface area contributed by atoms with Crippen molar-refractivity contribution in [3.05, 3.63) is 0 Å². The molecule has 0 aliphatic heterocycles. The monoisotopic (exact) mass is 1990 g/mol. The maximum absolute atomic E-state index is 8.42. The average Bonchev–Trinajstić information content (AvgIpc) is 1.03. The van der Waals surface area contributed by atoms with E-state index in [-0.39, 0.29) is 0 Å². The topological polar surface area (TPSA) is 387 Å². The van der Waals surface area contributed by atoms with Crippen LogP contribution in [-0.4, -0.2) is 568 Å². The van der Waals surface area contributed by atoms with Gasteiger partial charge in [-0.3, -0.25) is 29.3 Å². The normalized spacial score (nSPS) is 11.4. The molecule has 0 aromatic heterocycles. The summed E-state index contributed by atoms with van der Waals surface area (Å²) in [6.07, 6.45) is 0. The second kappa shape index (κ2) is 116. The number of quaternary nitrogens is 12. The van der Waals surface area contributed by atoms with E-state index >= 15 is 0 Å². The molecule has 36 nitrogen and oxygen atoms in total. The minimum atomic E-state index is -2.92. The Morgan fingerprint density at radius 1 is 0.118 bits per heavy atom. The minimum absolute atomic E-state index is 0.873. The largest absolute Gasteiger partial charge is 0.907 e. The van der Waals surface area contributed by atoms with Crippen LogP contribution in [0, 0.1) is 0 Å². The molecule has 0 saturated carbocycles. The third kappa shape index (κ3) is 135. The molecule has 0 heterocycles. The summed E-state index contributed by atoms with van der Waals surface area (Å²) in [4.78, 5) is 0. The Hall–Kier alpha value is -1.18. The molecule has 0 aromatic carbocycles. The highest BCUT2D eigenvalue weighted by Gasteiger charge is 2.23. The molecule has 0 aliphatic rings. The second-order valence-electron chi connectivity index (χ2n) is 36.8. The van der Waals surface area contributed by atoms with E-state index in [2.05, 4.69) is 251 Å². The Balaban J connectivity index is -0.0000000813. The zero-order valence-corrected chi connectivity index (χ0v) is 99.4. The molecule has 0 atom stereocenters. The number of hydrogen-bond acceptors (Lipinski definition) is 24. The fourth-order valence-corrected chi connectivity index (χ4v) is 10.2. The summed E-state index contributed by atoms with van der Waals surface area (Å²) < 4.78 is 73.7. The third-order valence-corrected chi connectivity index (χ3v) is 28.3. The first-order valence-electron chi connectivity index (χ1n) is 50.9. The lowest BCUT2D eigenvalue weighted by Crippen LogP contribution is -2.56. The molecule has 0 rings (SSSR count). The Labute approximate surface area is 847 Å². The van der Waals surface area contributed by atoms with Crippen LogP contribution in [0.25, 0.3) is 0 Å². The van der Waals surface area contributed by atoms with Crippen LogP contribution >= 0.6 is 0 Å². The lowest BCUT2D eigenvalue weighted by molar-refractivity contribution is -0.906. The van der Waals surface area contributed by atoms with Crippen molar-refractivity contribution in [2.45, 2.75) is 166 Å². The fraction of sp³-hybridized carbons (Fsp3) is 1.00. The quantitative estimate of drug-likeness (QED) is 0.0454. The number of ether oxygens (including phenoxy) is 12. The molecular formula is C96H240B4N12O24. The van der Waals surface area contributed by atoms with Crippen molar-refractivity contribution in [3.63, 3.8) is 0 Å². The first kappa shape index (κ1) is 171. The predicted molar refractivity (Wildman–Crippen MR) is 551 cm³/mol. The molecule has 0 aromatic rings. The zero-order valence-electron chi connectivity index (χ0n) is 99.4. The van der Waals surface area contributed by atoms with Gasteiger partial charge >= 0.3 is 0 Å². The Morgan fingerprint density at radius 3 is 0.176 bits per heavy atom. The molecule has 0 spiro atoms. The van der Waals surface area contributed by atoms with Crippen molar-refractivity contribution in [1.82, 2.24) is 0 Å². The van der Waals surface area contributed by atoms with E-state index in [9.17, 15) is 0 Å². The molecule has 0 amide bonds. The standard InChI is InChI=1S/12C8H20NO.4BO3/c12*1-5-9(3,6-2)7-8-10-4;4*2-1(3)4/h12*5-8H2,1-4H3;;;;/q12*+1;4*-3. The van der Waals surface area contributed by atoms with Gasteiger partial charge in [0.15, 0.2) is 0 Å². The van der Waals surface area contributed by atoms with Gasteiger partial charge in [0.2, 0.25) is 0 Å². The Kier molecular flexibility index (Phi) is 146. The van der Waals surface area contributed by atoms with Gasteiger partial charge in [0, 0.05) is 85.3 Å². The van der Waals surface area contributed by atoms with Crippen molar-refractivity contribution in [2.75, 3.05) is 485 Å². The molecule has 0 bridgehead atoms. The van der Waals surface area contributed by atoms with Crippen LogP contribution in [0.1, 0.15) is 166 Å². The molecule has 0 radical (unpaired) electrons. The van der Waals surface area contributed by atoms with E-state index in [4.69, 9.17) is 117 Å². The van der Waals surface area contributed by atoms with Crippen LogP contribution in [0.3, 0.4) is 0 Å². The number of rotatable bonds is 60. The van der Waals surface area contributed by atoms with E-state index in [1.54, 1.807) is 85.3 Å². The predicted octanol–water partition coefficient (Wildman–Crippen LogP) is -2.36. The molecule has 840 valence electrons. The lowest BCUT2D eigenvalue weighted by atomic mass is 10.3. The smallest absolute Gasteiger partial charge is 0.102 e. The van der Waals surface area contributed by atoms with Crippen molar-refractivity contribution in [1.29, 1.82) is 0 Å². The molecular weight excluding hydrogens is 1750 g/mol. The number of nitrogens with zero attached hydrogens (tertiary/aromatic N) is 12. The molecule has 136 heavy (non-hydrogen) atoms. The van der Waals surface area contributed by atoms with Gasteiger partial charge in [-0.15, -0.1) is 0 Å². The SMILES string of the molecule is CC[N+](C)(CC)CCOC.CC[N+](C)(CC)CCOC.CC[N+](C)(CC)CCOC.CC[N+](C)(CC)CCOC.CC[N+](C)(CC)CCOC.CC[N+](C)(CC)CCOC.CC[N+](C)(CC)CCOC.CC[N+](C)(CC)CCOC.CC[N+](C)(CC)CCOC.CC[N+](C)(CC)CCOC.CC[N+](C)(CC)CCOC.CC[N+](C)(CC)CCOC.[O-]B([O-])[O-].[O-]B([O-])[O-].[O-]B([O-])[O-].[O-]B([O-])[O-]. The van der Waals surface area contributed by atoms with Crippen LogP contribution in [0.4, 0.5) is 0 Å². The number of likely N-dealkylation sites (N-methyl/N-ethyl adjacent to an activating group) is 12. The van der Waals surface area contributed by atoms with Gasteiger partial charge in [-0.2, -0.15) is 0 Å².